The van der Waals surface area contributed by atoms with Crippen LogP contribution in [0.2, 0.25) is 0 Å². The molecule has 2 nitrogen and oxygen atoms in total. The molecular formula is C12H16F3NO. The van der Waals surface area contributed by atoms with E-state index >= 15 is 0 Å². The molecule has 96 valence electrons. The van der Waals surface area contributed by atoms with E-state index in [1.807, 2.05) is 13.8 Å². The Morgan fingerprint density at radius 1 is 1.24 bits per heavy atom. The quantitative estimate of drug-likeness (QED) is 0.857. The van der Waals surface area contributed by atoms with Gasteiger partial charge in [0.05, 0.1) is 11.7 Å². The van der Waals surface area contributed by atoms with E-state index in [4.69, 9.17) is 0 Å². The Morgan fingerprint density at radius 2 is 1.82 bits per heavy atom. The molecule has 5 heteroatoms. The molecule has 0 saturated heterocycles. The van der Waals surface area contributed by atoms with Gasteiger partial charge in [0.2, 0.25) is 0 Å². The second kappa shape index (κ2) is 5.51. The van der Waals surface area contributed by atoms with E-state index in [0.717, 1.165) is 6.07 Å². The van der Waals surface area contributed by atoms with Gasteiger partial charge in [0.15, 0.2) is 0 Å². The number of hydrogen-bond donors (Lipinski definition) is 2. The molecule has 0 aliphatic heterocycles. The van der Waals surface area contributed by atoms with E-state index in [0.29, 0.717) is 0 Å². The fourth-order valence-electron chi connectivity index (χ4n) is 1.50. The number of halogens is 3. The van der Waals surface area contributed by atoms with E-state index < -0.39 is 17.8 Å². The van der Waals surface area contributed by atoms with E-state index in [-0.39, 0.29) is 18.2 Å². The van der Waals surface area contributed by atoms with Crippen LogP contribution in [-0.4, -0.2) is 17.7 Å². The molecule has 1 unspecified atom stereocenters. The molecule has 0 fully saturated rings. The maximum atomic E-state index is 12.7. The smallest absolute Gasteiger partial charge is 0.387 e. The van der Waals surface area contributed by atoms with Gasteiger partial charge >= 0.3 is 6.18 Å². The van der Waals surface area contributed by atoms with Crippen molar-refractivity contribution in [2.75, 3.05) is 6.54 Å². The van der Waals surface area contributed by atoms with Gasteiger partial charge in [0.25, 0.3) is 0 Å². The van der Waals surface area contributed by atoms with Crippen LogP contribution in [0.5, 0.6) is 0 Å². The van der Waals surface area contributed by atoms with Crippen LogP contribution in [0.3, 0.4) is 0 Å². The first-order valence-electron chi connectivity index (χ1n) is 5.40. The lowest BCUT2D eigenvalue weighted by atomic mass is 10.0. The maximum absolute atomic E-state index is 12.7. The molecule has 2 N–H and O–H groups in total. The van der Waals surface area contributed by atoms with Crippen LogP contribution in [0.1, 0.15) is 31.1 Å². The van der Waals surface area contributed by atoms with Gasteiger partial charge in [-0.1, -0.05) is 32.0 Å². The summed E-state index contributed by atoms with van der Waals surface area (Å²) >= 11 is 0. The van der Waals surface area contributed by atoms with Crippen LogP contribution in [0.4, 0.5) is 13.2 Å². The van der Waals surface area contributed by atoms with Gasteiger partial charge in [-0.25, -0.2) is 0 Å². The third kappa shape index (κ3) is 4.02. The Labute approximate surface area is 98.5 Å². The van der Waals surface area contributed by atoms with Crippen molar-refractivity contribution in [2.45, 2.75) is 32.2 Å². The first-order valence-corrected chi connectivity index (χ1v) is 5.40. The van der Waals surface area contributed by atoms with Crippen molar-refractivity contribution in [3.63, 3.8) is 0 Å². The van der Waals surface area contributed by atoms with Crippen LogP contribution < -0.4 is 5.32 Å². The second-order valence-corrected chi connectivity index (χ2v) is 4.16. The van der Waals surface area contributed by atoms with Crippen molar-refractivity contribution < 1.29 is 18.3 Å². The molecule has 0 aliphatic rings. The number of rotatable bonds is 4. The summed E-state index contributed by atoms with van der Waals surface area (Å²) in [7, 11) is 0. The fraction of sp³-hybridized carbons (Fsp3) is 0.500. The van der Waals surface area contributed by atoms with Crippen molar-refractivity contribution in [3.8, 4) is 0 Å². The number of benzene rings is 1. The molecule has 0 heterocycles. The minimum atomic E-state index is -4.44. The lowest BCUT2D eigenvalue weighted by molar-refractivity contribution is -0.139. The molecule has 17 heavy (non-hydrogen) atoms. The minimum absolute atomic E-state index is 0.0897. The first-order chi connectivity index (χ1) is 7.82. The van der Waals surface area contributed by atoms with E-state index in [1.165, 1.54) is 18.2 Å². The average Bonchev–Trinajstić information content (AvgIpc) is 2.24. The molecular weight excluding hydrogens is 231 g/mol. The molecule has 0 saturated carbocycles. The highest BCUT2D eigenvalue weighted by Crippen LogP contribution is 2.34. The van der Waals surface area contributed by atoms with E-state index in [1.54, 1.807) is 0 Å². The molecule has 0 amide bonds. The number of nitrogens with one attached hydrogen (secondary N) is 1. The zero-order chi connectivity index (χ0) is 13.1. The molecule has 0 bridgehead atoms. The first kappa shape index (κ1) is 14.0. The molecule has 1 atom stereocenters. The number of aliphatic hydroxyl groups excluding tert-OH is 1. The average molecular weight is 247 g/mol. The van der Waals surface area contributed by atoms with E-state index in [9.17, 15) is 18.3 Å². The molecule has 0 spiro atoms. The molecule has 0 radical (unpaired) electrons. The van der Waals surface area contributed by atoms with Crippen molar-refractivity contribution in [3.05, 3.63) is 35.4 Å². The van der Waals surface area contributed by atoms with E-state index in [2.05, 4.69) is 5.32 Å². The lowest BCUT2D eigenvalue weighted by Gasteiger charge is -2.18. The fourth-order valence-corrected chi connectivity index (χ4v) is 1.50. The van der Waals surface area contributed by atoms with Crippen LogP contribution in [-0.2, 0) is 6.18 Å². The summed E-state index contributed by atoms with van der Waals surface area (Å²) < 4.78 is 38.0. The zero-order valence-electron chi connectivity index (χ0n) is 9.75. The highest BCUT2D eigenvalue weighted by Gasteiger charge is 2.34. The highest BCUT2D eigenvalue weighted by molar-refractivity contribution is 5.31. The Balaban J connectivity index is 2.89. The summed E-state index contributed by atoms with van der Waals surface area (Å²) in [5, 5.41) is 12.7. The number of aliphatic hydroxyl groups is 1. The van der Waals surface area contributed by atoms with Crippen molar-refractivity contribution in [1.82, 2.24) is 5.32 Å². The monoisotopic (exact) mass is 247 g/mol. The predicted octanol–water partition coefficient (Wildman–Crippen LogP) is 2.74. The Hall–Kier alpha value is -1.07. The SMILES string of the molecule is CC(C)NCC(O)c1ccccc1C(F)(F)F. The second-order valence-electron chi connectivity index (χ2n) is 4.16. The summed E-state index contributed by atoms with van der Waals surface area (Å²) in [6.45, 7) is 3.83. The highest BCUT2D eigenvalue weighted by atomic mass is 19.4. The molecule has 0 aliphatic carbocycles. The number of hydrogen-bond acceptors (Lipinski definition) is 2. The molecule has 1 aromatic carbocycles. The van der Waals surface area contributed by atoms with Gasteiger partial charge < -0.3 is 10.4 Å². The van der Waals surface area contributed by atoms with Gasteiger partial charge in [-0.2, -0.15) is 13.2 Å². The Morgan fingerprint density at radius 3 is 2.35 bits per heavy atom. The third-order valence-electron chi connectivity index (χ3n) is 2.34. The largest absolute Gasteiger partial charge is 0.416 e. The van der Waals surface area contributed by atoms with Crippen LogP contribution >= 0.6 is 0 Å². The van der Waals surface area contributed by atoms with Crippen LogP contribution in [0.25, 0.3) is 0 Å². The summed E-state index contributed by atoms with van der Waals surface area (Å²) in [5.41, 5.74) is -0.869. The Bertz CT molecular complexity index is 363. The number of alkyl halides is 3. The van der Waals surface area contributed by atoms with Gasteiger partial charge in [-0.15, -0.1) is 0 Å². The standard InChI is InChI=1S/C12H16F3NO/c1-8(2)16-7-11(17)9-5-3-4-6-10(9)12(13,14)15/h3-6,8,11,16-17H,7H2,1-2H3. The van der Waals surface area contributed by atoms with Crippen LogP contribution in [0.15, 0.2) is 24.3 Å². The summed E-state index contributed by atoms with van der Waals surface area (Å²) in [5.74, 6) is 0. The van der Waals surface area contributed by atoms with Crippen LogP contribution in [0, 0.1) is 0 Å². The molecule has 1 rings (SSSR count). The van der Waals surface area contributed by atoms with Crippen molar-refractivity contribution >= 4 is 0 Å². The predicted molar refractivity (Wildman–Crippen MR) is 59.5 cm³/mol. The summed E-state index contributed by atoms with van der Waals surface area (Å²) in [6.07, 6.45) is -5.59. The third-order valence-corrected chi connectivity index (χ3v) is 2.34. The van der Waals surface area contributed by atoms with Gasteiger partial charge in [0, 0.05) is 12.6 Å². The zero-order valence-corrected chi connectivity index (χ0v) is 9.75. The molecule has 1 aromatic rings. The van der Waals surface area contributed by atoms with Crippen molar-refractivity contribution in [1.29, 1.82) is 0 Å². The topological polar surface area (TPSA) is 32.3 Å². The maximum Gasteiger partial charge on any atom is 0.416 e. The minimum Gasteiger partial charge on any atom is -0.387 e. The summed E-state index contributed by atoms with van der Waals surface area (Å²) in [4.78, 5) is 0. The van der Waals surface area contributed by atoms with Crippen molar-refractivity contribution in [2.24, 2.45) is 0 Å². The molecule has 0 aromatic heterocycles. The summed E-state index contributed by atoms with van der Waals surface area (Å²) in [6, 6.07) is 5.20. The van der Waals surface area contributed by atoms with Gasteiger partial charge in [-0.05, 0) is 11.6 Å². The lowest BCUT2D eigenvalue weighted by Crippen LogP contribution is -2.28. The normalized spacial score (nSPS) is 14.1. The van der Waals surface area contributed by atoms with Gasteiger partial charge in [-0.3, -0.25) is 0 Å². The Kier molecular flexibility index (Phi) is 4.54. The van der Waals surface area contributed by atoms with Gasteiger partial charge in [0.1, 0.15) is 0 Å².